The number of rotatable bonds is 5. The van der Waals surface area contributed by atoms with E-state index in [-0.39, 0.29) is 6.61 Å². The Balaban J connectivity index is 2.83. The lowest BCUT2D eigenvalue weighted by Crippen LogP contribution is -1.99. The fourth-order valence-electron chi connectivity index (χ4n) is 1.48. The van der Waals surface area contributed by atoms with E-state index in [9.17, 15) is 4.79 Å². The zero-order valence-corrected chi connectivity index (χ0v) is 8.67. The highest BCUT2D eigenvalue weighted by Crippen LogP contribution is 2.18. The monoisotopic (exact) mass is 191 g/mol. The van der Waals surface area contributed by atoms with Crippen molar-refractivity contribution in [2.45, 2.75) is 26.7 Å². The number of aryl methyl sites for hydroxylation is 2. The highest BCUT2D eigenvalue weighted by Gasteiger charge is 2.01. The van der Waals surface area contributed by atoms with Crippen molar-refractivity contribution in [3.05, 3.63) is 29.3 Å². The molecule has 1 rings (SSSR count). The molecule has 0 amide bonds. The van der Waals surface area contributed by atoms with Crippen LogP contribution in [-0.4, -0.2) is 12.9 Å². The number of benzene rings is 1. The molecule has 1 aromatic rings. The predicted molar refractivity (Wildman–Crippen MR) is 56.4 cm³/mol. The second-order valence-corrected chi connectivity index (χ2v) is 3.07. The third-order valence-corrected chi connectivity index (χ3v) is 2.24. The number of ether oxygens (including phenoxy) is 1. The Kier molecular flexibility index (Phi) is 4.17. The molecule has 1 aromatic carbocycles. The Morgan fingerprint density at radius 2 is 1.93 bits per heavy atom. The quantitative estimate of drug-likeness (QED) is 0.713. The molecule has 0 saturated heterocycles. The van der Waals surface area contributed by atoms with Gasteiger partial charge in [0.2, 0.25) is 6.29 Å². The summed E-state index contributed by atoms with van der Waals surface area (Å²) in [5.74, 6) is 0.752. The molecule has 1 radical (unpaired) electrons. The predicted octanol–water partition coefficient (Wildman–Crippen LogP) is 2.30. The summed E-state index contributed by atoms with van der Waals surface area (Å²) in [6.45, 7) is 4.26. The van der Waals surface area contributed by atoms with Crippen LogP contribution in [0.1, 0.15) is 25.0 Å². The van der Waals surface area contributed by atoms with E-state index in [1.807, 2.05) is 12.1 Å². The SMILES string of the molecule is CCc1ccc(OC[C]=O)cc1CC. The zero-order valence-electron chi connectivity index (χ0n) is 8.67. The average Bonchev–Trinajstić information content (AvgIpc) is 2.25. The lowest BCUT2D eigenvalue weighted by molar-refractivity contribution is 0.364. The molecule has 75 valence electrons. The zero-order chi connectivity index (χ0) is 10.4. The van der Waals surface area contributed by atoms with E-state index in [4.69, 9.17) is 4.74 Å². The largest absolute Gasteiger partial charge is 0.485 e. The Morgan fingerprint density at radius 3 is 2.50 bits per heavy atom. The minimum Gasteiger partial charge on any atom is -0.485 e. The van der Waals surface area contributed by atoms with Crippen LogP contribution < -0.4 is 4.74 Å². The van der Waals surface area contributed by atoms with Crippen LogP contribution >= 0.6 is 0 Å². The van der Waals surface area contributed by atoms with Gasteiger partial charge in [0, 0.05) is 0 Å². The summed E-state index contributed by atoms with van der Waals surface area (Å²) >= 11 is 0. The summed E-state index contributed by atoms with van der Waals surface area (Å²) in [6.07, 6.45) is 3.73. The highest BCUT2D eigenvalue weighted by molar-refractivity contribution is 5.52. The van der Waals surface area contributed by atoms with Gasteiger partial charge < -0.3 is 4.74 Å². The van der Waals surface area contributed by atoms with Gasteiger partial charge in [-0.05, 0) is 36.1 Å². The maximum atomic E-state index is 10.0. The van der Waals surface area contributed by atoms with Crippen molar-refractivity contribution in [3.63, 3.8) is 0 Å². The smallest absolute Gasteiger partial charge is 0.239 e. The topological polar surface area (TPSA) is 26.3 Å². The fourth-order valence-corrected chi connectivity index (χ4v) is 1.48. The molecule has 0 bridgehead atoms. The first-order valence-electron chi connectivity index (χ1n) is 4.91. The minimum absolute atomic E-state index is 0.00856. The van der Waals surface area contributed by atoms with Crippen LogP contribution in [0, 0.1) is 0 Å². The fraction of sp³-hybridized carbons (Fsp3) is 0.417. The van der Waals surface area contributed by atoms with Crippen molar-refractivity contribution in [2.75, 3.05) is 6.61 Å². The first-order valence-corrected chi connectivity index (χ1v) is 4.91. The number of hydrogen-bond donors (Lipinski definition) is 0. The van der Waals surface area contributed by atoms with Crippen LogP contribution in [-0.2, 0) is 17.6 Å². The molecule has 0 aliphatic heterocycles. The second-order valence-electron chi connectivity index (χ2n) is 3.07. The van der Waals surface area contributed by atoms with Crippen molar-refractivity contribution in [1.82, 2.24) is 0 Å². The van der Waals surface area contributed by atoms with Crippen LogP contribution in [0.25, 0.3) is 0 Å². The van der Waals surface area contributed by atoms with E-state index in [1.54, 1.807) is 6.29 Å². The molecule has 0 saturated carbocycles. The molecular formula is C12H15O2. The summed E-state index contributed by atoms with van der Waals surface area (Å²) < 4.78 is 5.17. The lowest BCUT2D eigenvalue weighted by atomic mass is 10.0. The van der Waals surface area contributed by atoms with E-state index < -0.39 is 0 Å². The van der Waals surface area contributed by atoms with Gasteiger partial charge in [-0.2, -0.15) is 0 Å². The Hall–Kier alpha value is -1.31. The molecule has 0 unspecified atom stereocenters. The van der Waals surface area contributed by atoms with E-state index in [0.29, 0.717) is 0 Å². The van der Waals surface area contributed by atoms with Crippen LogP contribution in [0.3, 0.4) is 0 Å². The van der Waals surface area contributed by atoms with E-state index in [0.717, 1.165) is 18.6 Å². The van der Waals surface area contributed by atoms with Gasteiger partial charge in [0.1, 0.15) is 5.75 Å². The average molecular weight is 191 g/mol. The number of carbonyl (C=O) groups excluding carboxylic acids is 1. The molecule has 0 spiro atoms. The van der Waals surface area contributed by atoms with Gasteiger partial charge in [0.25, 0.3) is 0 Å². The Labute approximate surface area is 84.9 Å². The van der Waals surface area contributed by atoms with Gasteiger partial charge in [0.05, 0.1) is 0 Å². The Bertz CT molecular complexity index is 305. The van der Waals surface area contributed by atoms with E-state index in [2.05, 4.69) is 19.9 Å². The summed E-state index contributed by atoms with van der Waals surface area (Å²) in [5, 5.41) is 0. The van der Waals surface area contributed by atoms with Crippen LogP contribution in [0.2, 0.25) is 0 Å². The molecule has 0 N–H and O–H groups in total. The maximum Gasteiger partial charge on any atom is 0.239 e. The van der Waals surface area contributed by atoms with Crippen molar-refractivity contribution in [3.8, 4) is 5.75 Å². The molecule has 2 heteroatoms. The standard InChI is InChI=1S/C12H15O2/c1-3-10-5-6-12(14-8-7-13)9-11(10)4-2/h5-6,9H,3-4,8H2,1-2H3. The first-order chi connectivity index (χ1) is 6.81. The molecule has 0 aromatic heterocycles. The van der Waals surface area contributed by atoms with Gasteiger partial charge >= 0.3 is 0 Å². The third-order valence-electron chi connectivity index (χ3n) is 2.24. The van der Waals surface area contributed by atoms with Gasteiger partial charge in [-0.1, -0.05) is 19.9 Å². The summed E-state index contributed by atoms with van der Waals surface area (Å²) in [7, 11) is 0. The van der Waals surface area contributed by atoms with Gasteiger partial charge in [-0.3, -0.25) is 4.79 Å². The maximum absolute atomic E-state index is 10.0. The van der Waals surface area contributed by atoms with Crippen LogP contribution in [0.5, 0.6) is 5.75 Å². The lowest BCUT2D eigenvalue weighted by Gasteiger charge is -2.08. The molecule has 0 atom stereocenters. The molecular weight excluding hydrogens is 176 g/mol. The normalized spacial score (nSPS) is 9.86. The highest BCUT2D eigenvalue weighted by atomic mass is 16.5. The molecule has 2 nitrogen and oxygen atoms in total. The summed E-state index contributed by atoms with van der Waals surface area (Å²) in [4.78, 5) is 10.0. The second kappa shape index (κ2) is 5.43. The van der Waals surface area contributed by atoms with Crippen LogP contribution in [0.15, 0.2) is 18.2 Å². The van der Waals surface area contributed by atoms with E-state index in [1.165, 1.54) is 11.1 Å². The van der Waals surface area contributed by atoms with Crippen molar-refractivity contribution in [1.29, 1.82) is 0 Å². The number of hydrogen-bond acceptors (Lipinski definition) is 2. The molecule has 0 heterocycles. The summed E-state index contributed by atoms with van der Waals surface area (Å²) in [6, 6.07) is 5.95. The van der Waals surface area contributed by atoms with Gasteiger partial charge in [-0.15, -0.1) is 0 Å². The summed E-state index contributed by atoms with van der Waals surface area (Å²) in [5.41, 5.74) is 2.63. The van der Waals surface area contributed by atoms with Crippen molar-refractivity contribution < 1.29 is 9.53 Å². The van der Waals surface area contributed by atoms with Crippen molar-refractivity contribution in [2.24, 2.45) is 0 Å². The van der Waals surface area contributed by atoms with E-state index >= 15 is 0 Å². The van der Waals surface area contributed by atoms with Crippen LogP contribution in [0.4, 0.5) is 0 Å². The van der Waals surface area contributed by atoms with Gasteiger partial charge in [0.15, 0.2) is 6.61 Å². The first kappa shape index (κ1) is 10.8. The van der Waals surface area contributed by atoms with Gasteiger partial charge in [-0.25, -0.2) is 0 Å². The molecule has 0 aliphatic rings. The van der Waals surface area contributed by atoms with Crippen molar-refractivity contribution >= 4 is 6.29 Å². The minimum atomic E-state index is 0.00856. The third kappa shape index (κ3) is 2.59. The molecule has 0 fully saturated rings. The molecule has 14 heavy (non-hydrogen) atoms. The Morgan fingerprint density at radius 1 is 1.21 bits per heavy atom. The molecule has 0 aliphatic carbocycles.